The monoisotopic (exact) mass is 454 g/mol. The summed E-state index contributed by atoms with van der Waals surface area (Å²) in [6.07, 6.45) is 3.75. The Hall–Kier alpha value is -0.900. The number of halogens is 1. The zero-order valence-corrected chi connectivity index (χ0v) is 17.6. The fraction of sp³-hybridized carbons (Fsp3) is 0.600. The van der Waals surface area contributed by atoms with Crippen LogP contribution < -0.4 is 5.32 Å². The molecular formula is C15H27IN4O2S. The van der Waals surface area contributed by atoms with Crippen LogP contribution in [0.3, 0.4) is 0 Å². The summed E-state index contributed by atoms with van der Waals surface area (Å²) in [5.74, 6) is 2.60. The molecule has 0 radical (unpaired) electrons. The van der Waals surface area contributed by atoms with Crippen molar-refractivity contribution in [3.8, 4) is 0 Å². The Balaban J connectivity index is 0.00000484. The molecule has 132 valence electrons. The van der Waals surface area contributed by atoms with Crippen LogP contribution in [0.2, 0.25) is 0 Å². The van der Waals surface area contributed by atoms with Crippen LogP contribution in [0.25, 0.3) is 0 Å². The largest absolute Gasteiger partial charge is 0.469 e. The van der Waals surface area contributed by atoms with Gasteiger partial charge in [-0.15, -0.1) is 24.0 Å². The first-order valence-corrected chi connectivity index (χ1v) is 8.56. The van der Waals surface area contributed by atoms with Crippen molar-refractivity contribution in [2.45, 2.75) is 13.5 Å². The lowest BCUT2D eigenvalue weighted by Crippen LogP contribution is -2.40. The van der Waals surface area contributed by atoms with Crippen LogP contribution in [-0.2, 0) is 11.3 Å². The lowest BCUT2D eigenvalue weighted by molar-refractivity contribution is -0.127. The number of nitrogens with zero attached hydrogens (tertiary/aromatic N) is 3. The average molecular weight is 454 g/mol. The van der Waals surface area contributed by atoms with Gasteiger partial charge in [-0.25, -0.2) is 4.99 Å². The number of aryl methyl sites for hydroxylation is 1. The van der Waals surface area contributed by atoms with Gasteiger partial charge in [-0.1, -0.05) is 0 Å². The van der Waals surface area contributed by atoms with Gasteiger partial charge < -0.3 is 19.5 Å². The number of amides is 1. The zero-order chi connectivity index (χ0) is 16.5. The van der Waals surface area contributed by atoms with Crippen LogP contribution >= 0.6 is 35.7 Å². The molecule has 1 N–H and O–H groups in total. The van der Waals surface area contributed by atoms with E-state index in [1.165, 1.54) is 0 Å². The summed E-state index contributed by atoms with van der Waals surface area (Å²) >= 11 is 1.77. The van der Waals surface area contributed by atoms with Crippen molar-refractivity contribution in [2.24, 2.45) is 4.99 Å². The third-order valence-corrected chi connectivity index (χ3v) is 3.80. The molecule has 0 bridgehead atoms. The van der Waals surface area contributed by atoms with Crippen molar-refractivity contribution in [2.75, 3.05) is 46.2 Å². The van der Waals surface area contributed by atoms with Crippen molar-refractivity contribution in [1.29, 1.82) is 0 Å². The predicted molar refractivity (Wildman–Crippen MR) is 108 cm³/mol. The molecule has 0 aliphatic carbocycles. The maximum absolute atomic E-state index is 11.7. The summed E-state index contributed by atoms with van der Waals surface area (Å²) in [5, 5.41) is 3.30. The van der Waals surface area contributed by atoms with Crippen molar-refractivity contribution in [1.82, 2.24) is 15.1 Å². The number of thioether (sulfide) groups is 1. The Morgan fingerprint density at radius 2 is 2.09 bits per heavy atom. The number of nitrogens with one attached hydrogen (secondary N) is 1. The Labute approximate surface area is 160 Å². The minimum atomic E-state index is -0.0166. The summed E-state index contributed by atoms with van der Waals surface area (Å²) in [4.78, 5) is 19.7. The van der Waals surface area contributed by atoms with Gasteiger partial charge in [0.25, 0.3) is 0 Å². The highest BCUT2D eigenvalue weighted by atomic mass is 127. The molecule has 1 amide bonds. The summed E-state index contributed by atoms with van der Waals surface area (Å²) < 4.78 is 5.32. The van der Waals surface area contributed by atoms with E-state index in [0.29, 0.717) is 6.54 Å². The highest BCUT2D eigenvalue weighted by molar-refractivity contribution is 14.0. The maximum atomic E-state index is 11.7. The number of guanidine groups is 1. The first-order chi connectivity index (χ1) is 10.5. The SMILES string of the molecule is CSCCNC(=NCC(=O)N(C)C)N(C)Cc1ccoc1C.I. The number of rotatable bonds is 7. The molecule has 0 aliphatic heterocycles. The second kappa shape index (κ2) is 11.6. The fourth-order valence-electron chi connectivity index (χ4n) is 1.77. The van der Waals surface area contributed by atoms with Crippen LogP contribution in [0.15, 0.2) is 21.7 Å². The number of hydrogen-bond donors (Lipinski definition) is 1. The molecule has 6 nitrogen and oxygen atoms in total. The second-order valence-electron chi connectivity index (χ2n) is 5.21. The Bertz CT molecular complexity index is 505. The van der Waals surface area contributed by atoms with E-state index in [2.05, 4.69) is 16.6 Å². The first-order valence-electron chi connectivity index (χ1n) is 7.17. The van der Waals surface area contributed by atoms with Crippen LogP contribution in [0, 0.1) is 6.92 Å². The number of likely N-dealkylation sites (N-methyl/N-ethyl adjacent to an activating group) is 1. The summed E-state index contributed by atoms with van der Waals surface area (Å²) in [7, 11) is 5.42. The van der Waals surface area contributed by atoms with E-state index in [1.807, 2.05) is 24.9 Å². The molecule has 0 saturated heterocycles. The topological polar surface area (TPSA) is 61.1 Å². The highest BCUT2D eigenvalue weighted by Gasteiger charge is 2.11. The molecule has 0 spiro atoms. The quantitative estimate of drug-likeness (QED) is 0.296. The lowest BCUT2D eigenvalue weighted by atomic mass is 10.2. The molecule has 1 rings (SSSR count). The van der Waals surface area contributed by atoms with E-state index in [0.717, 1.165) is 29.6 Å². The van der Waals surface area contributed by atoms with Gasteiger partial charge in [0.05, 0.1) is 6.26 Å². The van der Waals surface area contributed by atoms with Crippen molar-refractivity contribution in [3.05, 3.63) is 23.7 Å². The third-order valence-electron chi connectivity index (χ3n) is 3.19. The van der Waals surface area contributed by atoms with Gasteiger partial charge in [-0.05, 0) is 19.2 Å². The average Bonchev–Trinajstić information content (AvgIpc) is 2.87. The molecule has 8 heteroatoms. The van der Waals surface area contributed by atoms with Crippen LogP contribution in [-0.4, -0.2) is 67.9 Å². The second-order valence-corrected chi connectivity index (χ2v) is 6.19. The molecule has 0 saturated carbocycles. The number of carbonyl (C=O) groups is 1. The molecule has 1 aromatic heterocycles. The zero-order valence-electron chi connectivity index (χ0n) is 14.5. The van der Waals surface area contributed by atoms with Gasteiger partial charge in [0.1, 0.15) is 12.3 Å². The van der Waals surface area contributed by atoms with E-state index < -0.39 is 0 Å². The summed E-state index contributed by atoms with van der Waals surface area (Å²) in [6, 6.07) is 1.95. The molecule has 0 fully saturated rings. The normalized spacial score (nSPS) is 10.9. The van der Waals surface area contributed by atoms with Crippen molar-refractivity contribution >= 4 is 47.6 Å². The minimum Gasteiger partial charge on any atom is -0.469 e. The number of carbonyl (C=O) groups excluding carboxylic acids is 1. The molecule has 0 aromatic carbocycles. The van der Waals surface area contributed by atoms with E-state index in [-0.39, 0.29) is 36.4 Å². The minimum absolute atomic E-state index is 0. The van der Waals surface area contributed by atoms with E-state index in [9.17, 15) is 4.79 Å². The summed E-state index contributed by atoms with van der Waals surface area (Å²) in [6.45, 7) is 3.58. The fourth-order valence-corrected chi connectivity index (χ4v) is 2.07. The van der Waals surface area contributed by atoms with Gasteiger partial charge in [0, 0.05) is 45.5 Å². The Morgan fingerprint density at radius 1 is 1.39 bits per heavy atom. The standard InChI is InChI=1S/C15H26N4O2S.HI/c1-12-13(6-8-21-12)11-19(4)15(16-7-9-22-5)17-10-14(20)18(2)3;/h6,8H,7,9-11H2,1-5H3,(H,16,17);1H. The van der Waals surface area contributed by atoms with Gasteiger partial charge in [0.15, 0.2) is 5.96 Å². The molecule has 0 atom stereocenters. The smallest absolute Gasteiger partial charge is 0.243 e. The molecule has 0 aliphatic rings. The van der Waals surface area contributed by atoms with Crippen LogP contribution in [0.1, 0.15) is 11.3 Å². The number of hydrogen-bond acceptors (Lipinski definition) is 4. The molecule has 1 heterocycles. The van der Waals surface area contributed by atoms with Crippen LogP contribution in [0.5, 0.6) is 0 Å². The van der Waals surface area contributed by atoms with Crippen molar-refractivity contribution in [3.63, 3.8) is 0 Å². The van der Waals surface area contributed by atoms with Gasteiger partial charge in [-0.3, -0.25) is 4.79 Å². The highest BCUT2D eigenvalue weighted by Crippen LogP contribution is 2.11. The molecule has 1 aromatic rings. The van der Waals surface area contributed by atoms with Gasteiger partial charge >= 0.3 is 0 Å². The van der Waals surface area contributed by atoms with Gasteiger partial charge in [-0.2, -0.15) is 11.8 Å². The molecule has 0 unspecified atom stereocenters. The van der Waals surface area contributed by atoms with E-state index in [1.54, 1.807) is 37.0 Å². The molecule has 23 heavy (non-hydrogen) atoms. The van der Waals surface area contributed by atoms with Gasteiger partial charge in [0.2, 0.25) is 5.91 Å². The van der Waals surface area contributed by atoms with Crippen molar-refractivity contribution < 1.29 is 9.21 Å². The third kappa shape index (κ3) is 7.96. The summed E-state index contributed by atoms with van der Waals surface area (Å²) in [5.41, 5.74) is 1.11. The Kier molecular flexibility index (Phi) is 11.2. The van der Waals surface area contributed by atoms with E-state index >= 15 is 0 Å². The first kappa shape index (κ1) is 22.1. The number of aliphatic imine (C=N–C) groups is 1. The Morgan fingerprint density at radius 3 is 2.61 bits per heavy atom. The van der Waals surface area contributed by atoms with E-state index in [4.69, 9.17) is 4.42 Å². The maximum Gasteiger partial charge on any atom is 0.243 e. The number of furan rings is 1. The predicted octanol–water partition coefficient (Wildman–Crippen LogP) is 2.03. The molecular weight excluding hydrogens is 427 g/mol. The van der Waals surface area contributed by atoms with Crippen LogP contribution in [0.4, 0.5) is 0 Å². The lowest BCUT2D eigenvalue weighted by Gasteiger charge is -2.22.